The van der Waals surface area contributed by atoms with E-state index in [0.717, 1.165) is 16.7 Å². The molecule has 10 nitrogen and oxygen atoms in total. The number of carbonyl (C=O) groups is 4. The standard InChI is InChI=1S/C41H55N3O7/c1-26-17-22-31(27(2)23-26)34(35(46)42-33(37(48)50-40(6,7)8)25-28-15-13-12-14-16-28)44(39(3,4)5)36(47)32(43-38(49)51-41(9,10)11)24-29-18-20-30(45)21-19-29/h12-23,32-34,45H,24-25H2,1-11H3,(H,42,46)(H,43,49). The second-order valence-electron chi connectivity index (χ2n) is 16.0. The number of esters is 1. The average molecular weight is 702 g/mol. The second-order valence-corrected chi connectivity index (χ2v) is 16.0. The summed E-state index contributed by atoms with van der Waals surface area (Å²) < 4.78 is 11.3. The predicted molar refractivity (Wildman–Crippen MR) is 198 cm³/mol. The maximum atomic E-state index is 15.0. The molecular formula is C41H55N3O7. The van der Waals surface area contributed by atoms with E-state index in [-0.39, 0.29) is 18.6 Å². The predicted octanol–water partition coefficient (Wildman–Crippen LogP) is 6.88. The molecule has 3 aromatic rings. The van der Waals surface area contributed by atoms with Crippen molar-refractivity contribution in [2.45, 2.75) is 124 Å². The summed E-state index contributed by atoms with van der Waals surface area (Å²) in [6.07, 6.45) is -0.594. The quantitative estimate of drug-likeness (QED) is 0.186. The van der Waals surface area contributed by atoms with Crippen molar-refractivity contribution in [1.29, 1.82) is 0 Å². The van der Waals surface area contributed by atoms with Crippen molar-refractivity contribution >= 4 is 23.9 Å². The number of ether oxygens (including phenoxy) is 2. The summed E-state index contributed by atoms with van der Waals surface area (Å²) in [5.41, 5.74) is 1.15. The van der Waals surface area contributed by atoms with Crippen LogP contribution in [0.1, 0.15) is 96.2 Å². The van der Waals surface area contributed by atoms with Gasteiger partial charge in [0.25, 0.3) is 0 Å². The summed E-state index contributed by atoms with van der Waals surface area (Å²) in [5.74, 6) is -1.68. The summed E-state index contributed by atoms with van der Waals surface area (Å²) >= 11 is 0. The van der Waals surface area contributed by atoms with Crippen LogP contribution in [-0.4, -0.2) is 62.7 Å². The molecule has 0 aliphatic carbocycles. The molecule has 10 heteroatoms. The summed E-state index contributed by atoms with van der Waals surface area (Å²) in [4.78, 5) is 58.1. The highest BCUT2D eigenvalue weighted by molar-refractivity contribution is 5.94. The highest BCUT2D eigenvalue weighted by atomic mass is 16.6. The van der Waals surface area contributed by atoms with Crippen LogP contribution in [0.3, 0.4) is 0 Å². The van der Waals surface area contributed by atoms with Crippen molar-refractivity contribution in [3.8, 4) is 5.75 Å². The van der Waals surface area contributed by atoms with Crippen LogP contribution >= 0.6 is 0 Å². The molecule has 276 valence electrons. The molecule has 3 atom stereocenters. The number of carbonyl (C=O) groups excluding carboxylic acids is 4. The molecule has 0 saturated carbocycles. The number of phenols is 1. The van der Waals surface area contributed by atoms with Gasteiger partial charge >= 0.3 is 12.1 Å². The Morgan fingerprint density at radius 3 is 1.78 bits per heavy atom. The van der Waals surface area contributed by atoms with Gasteiger partial charge in [-0.15, -0.1) is 0 Å². The number of phenolic OH excluding ortho intramolecular Hbond substituents is 1. The van der Waals surface area contributed by atoms with Crippen LogP contribution in [0.15, 0.2) is 72.8 Å². The van der Waals surface area contributed by atoms with Gasteiger partial charge in [-0.25, -0.2) is 9.59 Å². The molecule has 0 fully saturated rings. The van der Waals surface area contributed by atoms with Gasteiger partial charge in [-0.05, 0) is 111 Å². The first-order valence-corrected chi connectivity index (χ1v) is 17.3. The van der Waals surface area contributed by atoms with Crippen LogP contribution in [0.5, 0.6) is 5.75 Å². The zero-order chi connectivity index (χ0) is 38.3. The third kappa shape index (κ3) is 12.5. The Morgan fingerprint density at radius 1 is 0.706 bits per heavy atom. The zero-order valence-electron chi connectivity index (χ0n) is 31.9. The summed E-state index contributed by atoms with van der Waals surface area (Å²) in [6.45, 7) is 19.7. The van der Waals surface area contributed by atoms with Crippen LogP contribution in [-0.2, 0) is 36.7 Å². The van der Waals surface area contributed by atoms with E-state index in [1.165, 1.54) is 17.0 Å². The molecular weight excluding hydrogens is 646 g/mol. The highest BCUT2D eigenvalue weighted by Crippen LogP contribution is 2.33. The van der Waals surface area contributed by atoms with Crippen molar-refractivity contribution in [2.24, 2.45) is 0 Å². The van der Waals surface area contributed by atoms with E-state index in [0.29, 0.717) is 11.1 Å². The van der Waals surface area contributed by atoms with Gasteiger partial charge in [0.2, 0.25) is 11.8 Å². The monoisotopic (exact) mass is 701 g/mol. The van der Waals surface area contributed by atoms with Crippen LogP contribution in [0.25, 0.3) is 0 Å². The van der Waals surface area contributed by atoms with Crippen molar-refractivity contribution in [3.05, 3.63) is 101 Å². The first kappa shape index (κ1) is 40.6. The fraction of sp³-hybridized carbons (Fsp3) is 0.463. The van der Waals surface area contributed by atoms with E-state index in [1.807, 2.05) is 83.1 Å². The fourth-order valence-corrected chi connectivity index (χ4v) is 5.73. The van der Waals surface area contributed by atoms with Crippen LogP contribution < -0.4 is 10.6 Å². The first-order chi connectivity index (χ1) is 23.5. The van der Waals surface area contributed by atoms with Crippen molar-refractivity contribution < 1.29 is 33.8 Å². The van der Waals surface area contributed by atoms with Gasteiger partial charge in [0.15, 0.2) is 0 Å². The molecule has 3 aromatic carbocycles. The molecule has 3 N–H and O–H groups in total. The minimum absolute atomic E-state index is 0.0424. The Bertz CT molecular complexity index is 1670. The molecule has 0 aliphatic rings. The molecule has 0 spiro atoms. The lowest BCUT2D eigenvalue weighted by Crippen LogP contribution is -2.60. The van der Waals surface area contributed by atoms with Gasteiger partial charge in [-0.3, -0.25) is 9.59 Å². The Morgan fingerprint density at radius 2 is 1.25 bits per heavy atom. The van der Waals surface area contributed by atoms with E-state index in [4.69, 9.17) is 9.47 Å². The number of amides is 3. The van der Waals surface area contributed by atoms with Gasteiger partial charge in [0, 0.05) is 18.4 Å². The number of alkyl carbamates (subject to hydrolysis) is 1. The smallest absolute Gasteiger partial charge is 0.408 e. The molecule has 3 rings (SSSR count). The first-order valence-electron chi connectivity index (χ1n) is 17.3. The molecule has 51 heavy (non-hydrogen) atoms. The maximum absolute atomic E-state index is 15.0. The van der Waals surface area contributed by atoms with Crippen LogP contribution in [0.4, 0.5) is 4.79 Å². The molecule has 3 unspecified atom stereocenters. The fourth-order valence-electron chi connectivity index (χ4n) is 5.73. The Balaban J connectivity index is 2.18. The maximum Gasteiger partial charge on any atom is 0.408 e. The summed E-state index contributed by atoms with van der Waals surface area (Å²) in [7, 11) is 0. The number of benzene rings is 3. The van der Waals surface area contributed by atoms with E-state index in [9.17, 15) is 24.3 Å². The van der Waals surface area contributed by atoms with Gasteiger partial charge < -0.3 is 30.1 Å². The SMILES string of the molecule is Cc1ccc(C(C(=O)NC(Cc2ccccc2)C(=O)OC(C)(C)C)N(C(=O)C(Cc2ccc(O)cc2)NC(=O)OC(C)(C)C)C(C)(C)C)c(C)c1. The van der Waals surface area contributed by atoms with Crippen molar-refractivity contribution in [3.63, 3.8) is 0 Å². The molecule has 0 aliphatic heterocycles. The van der Waals surface area contributed by atoms with E-state index in [2.05, 4.69) is 10.6 Å². The van der Waals surface area contributed by atoms with Gasteiger partial charge in [0.1, 0.15) is 35.1 Å². The summed E-state index contributed by atoms with van der Waals surface area (Å²) in [6, 6.07) is 17.8. The van der Waals surface area contributed by atoms with Crippen LogP contribution in [0.2, 0.25) is 0 Å². The second kappa shape index (κ2) is 16.4. The molecule has 3 amide bonds. The van der Waals surface area contributed by atoms with Crippen molar-refractivity contribution in [1.82, 2.24) is 15.5 Å². The lowest BCUT2D eigenvalue weighted by Gasteiger charge is -2.43. The van der Waals surface area contributed by atoms with Crippen LogP contribution in [0, 0.1) is 13.8 Å². The Hall–Kier alpha value is -4.86. The number of aryl methyl sites for hydroxylation is 2. The number of nitrogens with zero attached hydrogens (tertiary/aromatic N) is 1. The number of nitrogens with one attached hydrogen (secondary N) is 2. The van der Waals surface area contributed by atoms with Gasteiger partial charge in [0.05, 0.1) is 0 Å². The number of rotatable bonds is 11. The Labute approximate surface area is 302 Å². The highest BCUT2D eigenvalue weighted by Gasteiger charge is 2.43. The number of aromatic hydroxyl groups is 1. The topological polar surface area (TPSA) is 134 Å². The number of hydrogen-bond donors (Lipinski definition) is 3. The van der Waals surface area contributed by atoms with E-state index < -0.39 is 58.7 Å². The lowest BCUT2D eigenvalue weighted by atomic mass is 9.91. The minimum atomic E-state index is -1.22. The largest absolute Gasteiger partial charge is 0.508 e. The Kier molecular flexibility index (Phi) is 13.1. The van der Waals surface area contributed by atoms with Crippen molar-refractivity contribution in [2.75, 3.05) is 0 Å². The molecule has 0 aromatic heterocycles. The lowest BCUT2D eigenvalue weighted by molar-refractivity contribution is -0.159. The molecule has 0 radical (unpaired) electrons. The van der Waals surface area contributed by atoms with E-state index in [1.54, 1.807) is 53.7 Å². The molecule has 0 saturated heterocycles. The minimum Gasteiger partial charge on any atom is -0.508 e. The third-order valence-corrected chi connectivity index (χ3v) is 7.84. The molecule has 0 heterocycles. The van der Waals surface area contributed by atoms with Gasteiger partial charge in [-0.1, -0.05) is 66.2 Å². The number of hydrogen-bond acceptors (Lipinski definition) is 7. The van der Waals surface area contributed by atoms with Gasteiger partial charge in [-0.2, -0.15) is 0 Å². The normalized spacial score (nSPS) is 13.7. The zero-order valence-corrected chi connectivity index (χ0v) is 31.9. The third-order valence-electron chi connectivity index (χ3n) is 7.84. The summed E-state index contributed by atoms with van der Waals surface area (Å²) in [5, 5.41) is 15.6. The average Bonchev–Trinajstić information content (AvgIpc) is 2.98. The van der Waals surface area contributed by atoms with E-state index >= 15 is 0 Å². The molecule has 0 bridgehead atoms.